The molecule has 0 unspecified atom stereocenters. The predicted molar refractivity (Wildman–Crippen MR) is 74.5 cm³/mol. The monoisotopic (exact) mass is 276 g/mol. The van der Waals surface area contributed by atoms with Crippen LogP contribution in [0.25, 0.3) is 0 Å². The molecule has 0 saturated carbocycles. The Morgan fingerprint density at radius 1 is 1.26 bits per heavy atom. The van der Waals surface area contributed by atoms with Gasteiger partial charge in [-0.1, -0.05) is 13.0 Å². The molecule has 0 N–H and O–H groups in total. The average Bonchev–Trinajstić information content (AvgIpc) is 3.08. The largest absolute Gasteiger partial charge is 0.454 e. The van der Waals surface area contributed by atoms with E-state index in [1.807, 2.05) is 11.6 Å². The molecule has 0 fully saturated rings. The molecular formula is C14H16N2O2S. The van der Waals surface area contributed by atoms with E-state index in [-0.39, 0.29) is 0 Å². The Bertz CT molecular complexity index is 542. The first-order valence-electron chi connectivity index (χ1n) is 6.33. The Balaban J connectivity index is 1.68. The highest BCUT2D eigenvalue weighted by Gasteiger charge is 2.14. The molecule has 1 aliphatic rings. The van der Waals surface area contributed by atoms with Gasteiger partial charge in [0.2, 0.25) is 6.79 Å². The summed E-state index contributed by atoms with van der Waals surface area (Å²) < 4.78 is 10.7. The Kier molecular flexibility index (Phi) is 3.66. The maximum absolute atomic E-state index is 5.41. The lowest BCUT2D eigenvalue weighted by molar-refractivity contribution is 0.174. The summed E-state index contributed by atoms with van der Waals surface area (Å²) >= 11 is 1.64. The molecule has 0 aliphatic carbocycles. The number of fused-ring (bicyclic) bond motifs is 1. The number of benzene rings is 1. The highest BCUT2D eigenvalue weighted by molar-refractivity contribution is 7.07. The zero-order valence-corrected chi connectivity index (χ0v) is 11.7. The minimum absolute atomic E-state index is 0.328. The third-order valence-corrected chi connectivity index (χ3v) is 3.79. The highest BCUT2D eigenvalue weighted by atomic mass is 32.1. The van der Waals surface area contributed by atoms with E-state index >= 15 is 0 Å². The van der Waals surface area contributed by atoms with Crippen molar-refractivity contribution in [2.45, 2.75) is 20.0 Å². The molecule has 0 saturated heterocycles. The van der Waals surface area contributed by atoms with E-state index in [1.165, 1.54) is 5.56 Å². The summed E-state index contributed by atoms with van der Waals surface area (Å²) in [6.45, 7) is 5.26. The Morgan fingerprint density at radius 2 is 2.16 bits per heavy atom. The van der Waals surface area contributed by atoms with Crippen LogP contribution in [-0.2, 0) is 13.1 Å². The summed E-state index contributed by atoms with van der Waals surface area (Å²) in [4.78, 5) is 6.69. The van der Waals surface area contributed by atoms with Gasteiger partial charge in [-0.2, -0.15) is 0 Å². The molecule has 0 spiro atoms. The number of thiazole rings is 1. The molecule has 0 amide bonds. The number of hydrogen-bond donors (Lipinski definition) is 0. The number of hydrogen-bond acceptors (Lipinski definition) is 5. The van der Waals surface area contributed by atoms with Gasteiger partial charge in [-0.3, -0.25) is 4.90 Å². The normalized spacial score (nSPS) is 13.2. The molecule has 0 atom stereocenters. The SMILES string of the molecule is CCN(Cc1ccc2c(c1)OCO2)Cc1cscn1. The van der Waals surface area contributed by atoms with Gasteiger partial charge in [-0.15, -0.1) is 11.3 Å². The van der Waals surface area contributed by atoms with E-state index in [0.717, 1.165) is 36.8 Å². The Morgan fingerprint density at radius 3 is 2.95 bits per heavy atom. The van der Waals surface area contributed by atoms with Crippen LogP contribution >= 0.6 is 11.3 Å². The second-order valence-corrected chi connectivity index (χ2v) is 5.19. The molecule has 1 aromatic carbocycles. The quantitative estimate of drug-likeness (QED) is 0.841. The number of rotatable bonds is 5. The molecule has 0 radical (unpaired) electrons. The van der Waals surface area contributed by atoms with Crippen LogP contribution in [0.2, 0.25) is 0 Å². The fourth-order valence-electron chi connectivity index (χ4n) is 2.12. The molecular weight excluding hydrogens is 260 g/mol. The van der Waals surface area contributed by atoms with Crippen molar-refractivity contribution in [1.82, 2.24) is 9.88 Å². The molecule has 2 aromatic rings. The van der Waals surface area contributed by atoms with Crippen molar-refractivity contribution in [3.63, 3.8) is 0 Å². The fraction of sp³-hybridized carbons (Fsp3) is 0.357. The van der Waals surface area contributed by atoms with Gasteiger partial charge in [-0.25, -0.2) is 4.98 Å². The maximum Gasteiger partial charge on any atom is 0.231 e. The van der Waals surface area contributed by atoms with Crippen molar-refractivity contribution in [1.29, 1.82) is 0 Å². The number of aromatic nitrogens is 1. The van der Waals surface area contributed by atoms with Gasteiger partial charge in [0.05, 0.1) is 11.2 Å². The van der Waals surface area contributed by atoms with Crippen molar-refractivity contribution >= 4 is 11.3 Å². The summed E-state index contributed by atoms with van der Waals surface area (Å²) in [6, 6.07) is 6.14. The van der Waals surface area contributed by atoms with E-state index in [0.29, 0.717) is 6.79 Å². The summed E-state index contributed by atoms with van der Waals surface area (Å²) in [5, 5.41) is 2.10. The van der Waals surface area contributed by atoms with Crippen molar-refractivity contribution in [2.75, 3.05) is 13.3 Å². The standard InChI is InChI=1S/C14H16N2O2S/c1-2-16(7-12-8-19-9-15-12)6-11-3-4-13-14(5-11)18-10-17-13/h3-5,8-9H,2,6-7,10H2,1H3. The van der Waals surface area contributed by atoms with Gasteiger partial charge in [0, 0.05) is 18.5 Å². The van der Waals surface area contributed by atoms with E-state index in [9.17, 15) is 0 Å². The zero-order chi connectivity index (χ0) is 13.1. The number of ether oxygens (including phenoxy) is 2. The zero-order valence-electron chi connectivity index (χ0n) is 10.8. The van der Waals surface area contributed by atoms with Crippen LogP contribution in [0, 0.1) is 0 Å². The third kappa shape index (κ3) is 2.88. The first-order chi connectivity index (χ1) is 9.35. The van der Waals surface area contributed by atoms with Crippen LogP contribution in [0.15, 0.2) is 29.1 Å². The molecule has 1 aliphatic heterocycles. The van der Waals surface area contributed by atoms with Crippen molar-refractivity contribution in [2.24, 2.45) is 0 Å². The van der Waals surface area contributed by atoms with Crippen molar-refractivity contribution < 1.29 is 9.47 Å². The molecule has 19 heavy (non-hydrogen) atoms. The highest BCUT2D eigenvalue weighted by Crippen LogP contribution is 2.32. The van der Waals surface area contributed by atoms with E-state index in [2.05, 4.69) is 34.3 Å². The average molecular weight is 276 g/mol. The van der Waals surface area contributed by atoms with Crippen LogP contribution in [0.3, 0.4) is 0 Å². The van der Waals surface area contributed by atoms with E-state index in [4.69, 9.17) is 9.47 Å². The van der Waals surface area contributed by atoms with Crippen LogP contribution in [-0.4, -0.2) is 23.2 Å². The minimum atomic E-state index is 0.328. The predicted octanol–water partition coefficient (Wildman–Crippen LogP) is 2.89. The Labute approximate surface area is 116 Å². The lowest BCUT2D eigenvalue weighted by Crippen LogP contribution is -2.22. The second-order valence-electron chi connectivity index (χ2n) is 4.47. The fourth-order valence-corrected chi connectivity index (χ4v) is 2.67. The maximum atomic E-state index is 5.41. The molecule has 4 nitrogen and oxygen atoms in total. The van der Waals surface area contributed by atoms with E-state index in [1.54, 1.807) is 11.3 Å². The summed E-state index contributed by atoms with van der Waals surface area (Å²) in [7, 11) is 0. The van der Waals surface area contributed by atoms with Gasteiger partial charge in [0.25, 0.3) is 0 Å². The van der Waals surface area contributed by atoms with Gasteiger partial charge in [0.1, 0.15) is 0 Å². The molecule has 5 heteroatoms. The molecule has 3 rings (SSSR count). The summed E-state index contributed by atoms with van der Waals surface area (Å²) in [5.41, 5.74) is 4.25. The van der Waals surface area contributed by atoms with Crippen molar-refractivity contribution in [3.8, 4) is 11.5 Å². The van der Waals surface area contributed by atoms with Crippen LogP contribution in [0.1, 0.15) is 18.2 Å². The van der Waals surface area contributed by atoms with Gasteiger partial charge < -0.3 is 9.47 Å². The summed E-state index contributed by atoms with van der Waals surface area (Å²) in [5.74, 6) is 1.69. The van der Waals surface area contributed by atoms with Crippen LogP contribution in [0.5, 0.6) is 11.5 Å². The molecule has 0 bridgehead atoms. The third-order valence-electron chi connectivity index (χ3n) is 3.16. The molecule has 2 heterocycles. The topological polar surface area (TPSA) is 34.6 Å². The Hall–Kier alpha value is -1.59. The van der Waals surface area contributed by atoms with Gasteiger partial charge in [0.15, 0.2) is 11.5 Å². The lowest BCUT2D eigenvalue weighted by Gasteiger charge is -2.19. The first-order valence-corrected chi connectivity index (χ1v) is 7.27. The minimum Gasteiger partial charge on any atom is -0.454 e. The number of nitrogens with zero attached hydrogens (tertiary/aromatic N) is 2. The molecule has 1 aromatic heterocycles. The lowest BCUT2D eigenvalue weighted by atomic mass is 10.2. The first kappa shape index (κ1) is 12.4. The van der Waals surface area contributed by atoms with Crippen LogP contribution < -0.4 is 9.47 Å². The van der Waals surface area contributed by atoms with Gasteiger partial charge in [-0.05, 0) is 24.2 Å². The smallest absolute Gasteiger partial charge is 0.231 e. The van der Waals surface area contributed by atoms with Crippen molar-refractivity contribution in [3.05, 3.63) is 40.3 Å². The molecule has 100 valence electrons. The van der Waals surface area contributed by atoms with Gasteiger partial charge >= 0.3 is 0 Å². The van der Waals surface area contributed by atoms with E-state index < -0.39 is 0 Å². The van der Waals surface area contributed by atoms with Crippen LogP contribution in [0.4, 0.5) is 0 Å². The second kappa shape index (κ2) is 5.59. The summed E-state index contributed by atoms with van der Waals surface area (Å²) in [6.07, 6.45) is 0.